The highest BCUT2D eigenvalue weighted by molar-refractivity contribution is 4.88. The van der Waals surface area contributed by atoms with Crippen LogP contribution in [0.15, 0.2) is 0 Å². The van der Waals surface area contributed by atoms with E-state index >= 15 is 0 Å². The van der Waals surface area contributed by atoms with Crippen LogP contribution in [0.5, 0.6) is 0 Å². The van der Waals surface area contributed by atoms with Gasteiger partial charge >= 0.3 is 0 Å². The van der Waals surface area contributed by atoms with Gasteiger partial charge in [-0.1, -0.05) is 19.8 Å². The molecule has 0 bridgehead atoms. The van der Waals surface area contributed by atoms with Gasteiger partial charge in [0, 0.05) is 18.6 Å². The first-order chi connectivity index (χ1) is 6.81. The molecule has 82 valence electrons. The highest BCUT2D eigenvalue weighted by Crippen LogP contribution is 2.32. The van der Waals surface area contributed by atoms with E-state index in [2.05, 4.69) is 11.8 Å². The molecule has 2 unspecified atom stereocenters. The molecule has 14 heavy (non-hydrogen) atoms. The van der Waals surface area contributed by atoms with Crippen LogP contribution in [0.1, 0.15) is 45.4 Å². The SMILES string of the molecule is CCN(CC1CC1)C1CCCCC1N. The third-order valence-electron chi connectivity index (χ3n) is 3.85. The first-order valence-corrected chi connectivity index (χ1v) is 6.31. The van der Waals surface area contributed by atoms with E-state index in [1.165, 1.54) is 51.6 Å². The van der Waals surface area contributed by atoms with Gasteiger partial charge in [-0.05, 0) is 38.1 Å². The lowest BCUT2D eigenvalue weighted by Crippen LogP contribution is -2.50. The average Bonchev–Trinajstić information content (AvgIpc) is 2.99. The molecule has 0 aromatic heterocycles. The zero-order valence-corrected chi connectivity index (χ0v) is 9.41. The number of nitrogens with two attached hydrogens (primary N) is 1. The molecule has 2 aliphatic carbocycles. The summed E-state index contributed by atoms with van der Waals surface area (Å²) in [4.78, 5) is 2.64. The van der Waals surface area contributed by atoms with Crippen LogP contribution in [-0.4, -0.2) is 30.1 Å². The Hall–Kier alpha value is -0.0800. The summed E-state index contributed by atoms with van der Waals surface area (Å²) in [6.45, 7) is 4.79. The summed E-state index contributed by atoms with van der Waals surface area (Å²) in [6, 6.07) is 1.14. The molecule has 0 heterocycles. The molecule has 2 saturated carbocycles. The number of nitrogens with zero attached hydrogens (tertiary/aromatic N) is 1. The first kappa shape index (κ1) is 10.4. The molecule has 2 fully saturated rings. The second-order valence-electron chi connectivity index (χ2n) is 5.05. The second kappa shape index (κ2) is 4.63. The second-order valence-corrected chi connectivity index (χ2v) is 5.05. The van der Waals surface area contributed by atoms with Crippen LogP contribution in [0.2, 0.25) is 0 Å². The van der Waals surface area contributed by atoms with Crippen molar-refractivity contribution < 1.29 is 0 Å². The fourth-order valence-electron chi connectivity index (χ4n) is 2.72. The molecular formula is C12H24N2. The normalized spacial score (nSPS) is 33.6. The smallest absolute Gasteiger partial charge is 0.0247 e. The minimum Gasteiger partial charge on any atom is -0.326 e. The maximum Gasteiger partial charge on any atom is 0.0247 e. The fourth-order valence-corrected chi connectivity index (χ4v) is 2.72. The summed E-state index contributed by atoms with van der Waals surface area (Å²) in [5, 5.41) is 0. The van der Waals surface area contributed by atoms with E-state index in [1.807, 2.05) is 0 Å². The molecule has 2 rings (SSSR count). The molecular weight excluding hydrogens is 172 g/mol. The summed E-state index contributed by atoms with van der Waals surface area (Å²) < 4.78 is 0. The van der Waals surface area contributed by atoms with Crippen LogP contribution in [0.25, 0.3) is 0 Å². The number of hydrogen-bond acceptors (Lipinski definition) is 2. The Morgan fingerprint density at radius 2 is 1.86 bits per heavy atom. The van der Waals surface area contributed by atoms with Gasteiger partial charge in [0.05, 0.1) is 0 Å². The molecule has 2 heteroatoms. The lowest BCUT2D eigenvalue weighted by atomic mass is 9.89. The molecule has 0 amide bonds. The van der Waals surface area contributed by atoms with Crippen LogP contribution in [0.4, 0.5) is 0 Å². The van der Waals surface area contributed by atoms with E-state index in [4.69, 9.17) is 5.73 Å². The third kappa shape index (κ3) is 2.48. The predicted molar refractivity (Wildman–Crippen MR) is 60.2 cm³/mol. The van der Waals surface area contributed by atoms with Crippen LogP contribution in [0, 0.1) is 5.92 Å². The van der Waals surface area contributed by atoms with Gasteiger partial charge in [-0.25, -0.2) is 0 Å². The van der Waals surface area contributed by atoms with Crippen LogP contribution >= 0.6 is 0 Å². The number of rotatable bonds is 4. The van der Waals surface area contributed by atoms with Gasteiger partial charge in [-0.2, -0.15) is 0 Å². The molecule has 2 aliphatic rings. The zero-order chi connectivity index (χ0) is 9.97. The minimum atomic E-state index is 0.447. The van der Waals surface area contributed by atoms with E-state index in [9.17, 15) is 0 Å². The predicted octanol–water partition coefficient (Wildman–Crippen LogP) is 1.99. The third-order valence-corrected chi connectivity index (χ3v) is 3.85. The van der Waals surface area contributed by atoms with Crippen molar-refractivity contribution in [3.05, 3.63) is 0 Å². The van der Waals surface area contributed by atoms with Crippen LogP contribution < -0.4 is 5.73 Å². The fraction of sp³-hybridized carbons (Fsp3) is 1.00. The molecule has 0 aromatic carbocycles. The van der Waals surface area contributed by atoms with Crippen LogP contribution in [0.3, 0.4) is 0 Å². The van der Waals surface area contributed by atoms with E-state index in [0.717, 1.165) is 5.92 Å². The van der Waals surface area contributed by atoms with Gasteiger partial charge in [0.25, 0.3) is 0 Å². The highest BCUT2D eigenvalue weighted by Gasteiger charge is 2.31. The summed E-state index contributed by atoms with van der Waals surface area (Å²) >= 11 is 0. The Bertz CT molecular complexity index is 177. The van der Waals surface area contributed by atoms with Crippen molar-refractivity contribution in [1.82, 2.24) is 4.90 Å². The van der Waals surface area contributed by atoms with Crippen molar-refractivity contribution in [2.24, 2.45) is 11.7 Å². The number of hydrogen-bond donors (Lipinski definition) is 1. The van der Waals surface area contributed by atoms with Gasteiger partial charge in [0.1, 0.15) is 0 Å². The van der Waals surface area contributed by atoms with E-state index in [0.29, 0.717) is 12.1 Å². The van der Waals surface area contributed by atoms with E-state index in [-0.39, 0.29) is 0 Å². The summed E-state index contributed by atoms with van der Waals surface area (Å²) in [5.41, 5.74) is 6.21. The van der Waals surface area contributed by atoms with Crippen LogP contribution in [-0.2, 0) is 0 Å². The zero-order valence-electron chi connectivity index (χ0n) is 9.41. The van der Waals surface area contributed by atoms with Crippen molar-refractivity contribution in [2.45, 2.75) is 57.5 Å². The molecule has 2 N–H and O–H groups in total. The highest BCUT2D eigenvalue weighted by atomic mass is 15.2. The average molecular weight is 196 g/mol. The molecule has 0 aromatic rings. The minimum absolute atomic E-state index is 0.447. The van der Waals surface area contributed by atoms with Crippen molar-refractivity contribution in [3.8, 4) is 0 Å². The van der Waals surface area contributed by atoms with Crippen molar-refractivity contribution in [2.75, 3.05) is 13.1 Å². The quantitative estimate of drug-likeness (QED) is 0.745. The lowest BCUT2D eigenvalue weighted by Gasteiger charge is -2.38. The lowest BCUT2D eigenvalue weighted by molar-refractivity contribution is 0.138. The van der Waals surface area contributed by atoms with Gasteiger partial charge in [0.15, 0.2) is 0 Å². The van der Waals surface area contributed by atoms with Crippen molar-refractivity contribution in [1.29, 1.82) is 0 Å². The van der Waals surface area contributed by atoms with Gasteiger partial charge in [0.2, 0.25) is 0 Å². The Balaban J connectivity index is 1.87. The Morgan fingerprint density at radius 3 is 2.43 bits per heavy atom. The monoisotopic (exact) mass is 196 g/mol. The maximum atomic E-state index is 6.21. The Morgan fingerprint density at radius 1 is 1.14 bits per heavy atom. The van der Waals surface area contributed by atoms with Crippen molar-refractivity contribution in [3.63, 3.8) is 0 Å². The summed E-state index contributed by atoms with van der Waals surface area (Å²) in [5.74, 6) is 1.00. The number of likely N-dealkylation sites (N-methyl/N-ethyl adjacent to an activating group) is 1. The maximum absolute atomic E-state index is 6.21. The standard InChI is InChI=1S/C12H24N2/c1-2-14(9-10-7-8-10)12-6-4-3-5-11(12)13/h10-12H,2-9,13H2,1H3. The van der Waals surface area contributed by atoms with E-state index in [1.54, 1.807) is 0 Å². The molecule has 0 spiro atoms. The Labute approximate surface area is 87.8 Å². The molecule has 2 atom stereocenters. The molecule has 0 saturated heterocycles. The molecule has 0 aliphatic heterocycles. The molecule has 2 nitrogen and oxygen atoms in total. The van der Waals surface area contributed by atoms with Gasteiger partial charge in [-0.3, -0.25) is 4.90 Å². The van der Waals surface area contributed by atoms with Gasteiger partial charge < -0.3 is 5.73 Å². The summed E-state index contributed by atoms with van der Waals surface area (Å²) in [7, 11) is 0. The van der Waals surface area contributed by atoms with Crippen molar-refractivity contribution >= 4 is 0 Å². The topological polar surface area (TPSA) is 29.3 Å². The van der Waals surface area contributed by atoms with Gasteiger partial charge in [-0.15, -0.1) is 0 Å². The summed E-state index contributed by atoms with van der Waals surface area (Å²) in [6.07, 6.45) is 8.22. The Kier molecular flexibility index (Phi) is 3.45. The first-order valence-electron chi connectivity index (χ1n) is 6.31. The molecule has 0 radical (unpaired) electrons. The largest absolute Gasteiger partial charge is 0.326 e. The van der Waals surface area contributed by atoms with E-state index < -0.39 is 0 Å².